The first-order chi connectivity index (χ1) is 13.6. The standard InChI is InChI=1S/C17H15ClF3NO7/c1-9-5-11(18)6-10-7-12(15(17(19,20)21)29-14(9)10)16(24)27-8-26-13(23)3-2-4-28-22-25/h5-7,15H,2-4,8H2,1H3/t15-/m0/s1. The summed E-state index contributed by atoms with van der Waals surface area (Å²) in [5.41, 5.74) is -0.260. The number of carbonyl (C=O) groups excluding carboxylic acids is 2. The number of alkyl halides is 3. The van der Waals surface area contributed by atoms with Crippen molar-refractivity contribution in [2.75, 3.05) is 13.4 Å². The van der Waals surface area contributed by atoms with E-state index in [1.165, 1.54) is 19.1 Å². The van der Waals surface area contributed by atoms with Crippen molar-refractivity contribution in [1.82, 2.24) is 0 Å². The van der Waals surface area contributed by atoms with Crippen molar-refractivity contribution in [3.63, 3.8) is 0 Å². The van der Waals surface area contributed by atoms with Crippen LogP contribution in [0.3, 0.4) is 0 Å². The molecule has 1 aromatic rings. The number of aryl methyl sites for hydroxylation is 1. The topological polar surface area (TPSA) is 100 Å². The molecule has 0 aromatic heterocycles. The maximum Gasteiger partial charge on any atom is 0.430 e. The third kappa shape index (κ3) is 6.08. The van der Waals surface area contributed by atoms with E-state index >= 15 is 0 Å². The highest BCUT2D eigenvalue weighted by Crippen LogP contribution is 2.40. The van der Waals surface area contributed by atoms with Gasteiger partial charge >= 0.3 is 18.1 Å². The smallest absolute Gasteiger partial charge is 0.430 e. The first kappa shape index (κ1) is 22.5. The molecule has 0 spiro atoms. The highest BCUT2D eigenvalue weighted by molar-refractivity contribution is 6.30. The molecule has 1 atom stereocenters. The molecule has 29 heavy (non-hydrogen) atoms. The SMILES string of the molecule is Cc1cc(Cl)cc2c1O[C@H](C(F)(F)F)C(C(=O)OCOC(=O)CCCON=O)=C2. The molecule has 0 radical (unpaired) electrons. The van der Waals surface area contributed by atoms with Crippen LogP contribution in [0, 0.1) is 11.8 Å². The second kappa shape index (κ2) is 9.59. The van der Waals surface area contributed by atoms with E-state index in [0.29, 0.717) is 5.56 Å². The molecule has 0 saturated carbocycles. The Morgan fingerprint density at radius 3 is 2.66 bits per heavy atom. The average molecular weight is 438 g/mol. The second-order valence-electron chi connectivity index (χ2n) is 5.86. The molecule has 0 N–H and O–H groups in total. The summed E-state index contributed by atoms with van der Waals surface area (Å²) in [5.74, 6) is -2.22. The number of rotatable bonds is 8. The fourth-order valence-corrected chi connectivity index (χ4v) is 2.76. The molecule has 8 nitrogen and oxygen atoms in total. The lowest BCUT2D eigenvalue weighted by atomic mass is 9.99. The van der Waals surface area contributed by atoms with E-state index in [4.69, 9.17) is 16.3 Å². The minimum absolute atomic E-state index is 0.0493. The number of halogens is 4. The minimum Gasteiger partial charge on any atom is -0.475 e. The van der Waals surface area contributed by atoms with Gasteiger partial charge < -0.3 is 19.0 Å². The van der Waals surface area contributed by atoms with Crippen molar-refractivity contribution in [2.45, 2.75) is 32.0 Å². The van der Waals surface area contributed by atoms with Gasteiger partial charge in [0.05, 0.1) is 5.57 Å². The highest BCUT2D eigenvalue weighted by atomic mass is 35.5. The van der Waals surface area contributed by atoms with E-state index in [-0.39, 0.29) is 35.8 Å². The summed E-state index contributed by atoms with van der Waals surface area (Å²) in [6.45, 7) is 0.510. The van der Waals surface area contributed by atoms with Crippen molar-refractivity contribution in [2.24, 2.45) is 5.34 Å². The number of fused-ring (bicyclic) bond motifs is 1. The zero-order valence-corrected chi connectivity index (χ0v) is 15.7. The molecule has 2 rings (SSSR count). The van der Waals surface area contributed by atoms with E-state index in [1.54, 1.807) is 0 Å². The van der Waals surface area contributed by atoms with E-state index in [9.17, 15) is 27.7 Å². The number of hydrogen-bond acceptors (Lipinski definition) is 8. The number of hydrogen-bond donors (Lipinski definition) is 0. The molecule has 1 aromatic carbocycles. The van der Waals surface area contributed by atoms with Crippen LogP contribution >= 0.6 is 11.6 Å². The summed E-state index contributed by atoms with van der Waals surface area (Å²) < 4.78 is 54.4. The van der Waals surface area contributed by atoms with Gasteiger partial charge in [-0.3, -0.25) is 4.79 Å². The lowest BCUT2D eigenvalue weighted by Crippen LogP contribution is -2.41. The summed E-state index contributed by atoms with van der Waals surface area (Å²) in [6.07, 6.45) is -6.52. The quantitative estimate of drug-likeness (QED) is 0.200. The van der Waals surface area contributed by atoms with Gasteiger partial charge in [-0.2, -0.15) is 13.2 Å². The second-order valence-corrected chi connectivity index (χ2v) is 6.29. The van der Waals surface area contributed by atoms with Crippen molar-refractivity contribution < 1.29 is 41.8 Å². The fourth-order valence-electron chi connectivity index (χ4n) is 2.48. The molecular formula is C17H15ClF3NO7. The van der Waals surface area contributed by atoms with E-state index in [0.717, 1.165) is 6.08 Å². The number of esters is 2. The lowest BCUT2D eigenvalue weighted by molar-refractivity contribution is -0.190. The Kier molecular flexibility index (Phi) is 7.43. The Balaban J connectivity index is 2.06. The highest BCUT2D eigenvalue weighted by Gasteiger charge is 2.49. The van der Waals surface area contributed by atoms with Crippen LogP contribution < -0.4 is 4.74 Å². The van der Waals surface area contributed by atoms with Crippen LogP contribution in [-0.2, 0) is 23.9 Å². The van der Waals surface area contributed by atoms with Crippen molar-refractivity contribution in [3.8, 4) is 5.75 Å². The van der Waals surface area contributed by atoms with Gasteiger partial charge in [-0.25, -0.2) is 4.79 Å². The van der Waals surface area contributed by atoms with Gasteiger partial charge in [-0.1, -0.05) is 11.6 Å². The zero-order valence-electron chi connectivity index (χ0n) is 15.0. The first-order valence-electron chi connectivity index (χ1n) is 8.16. The van der Waals surface area contributed by atoms with Crippen molar-refractivity contribution in [3.05, 3.63) is 38.8 Å². The van der Waals surface area contributed by atoms with Crippen molar-refractivity contribution >= 4 is 29.6 Å². The van der Waals surface area contributed by atoms with Gasteiger partial charge in [0.25, 0.3) is 0 Å². The van der Waals surface area contributed by atoms with E-state index in [2.05, 4.69) is 19.7 Å². The van der Waals surface area contributed by atoms with E-state index < -0.39 is 36.6 Å². The van der Waals surface area contributed by atoms with E-state index in [1.807, 2.05) is 0 Å². The van der Waals surface area contributed by atoms with Gasteiger partial charge in [0, 0.05) is 17.0 Å². The summed E-state index contributed by atoms with van der Waals surface area (Å²) in [4.78, 5) is 37.4. The third-order valence-corrected chi connectivity index (χ3v) is 3.93. The predicted octanol–water partition coefficient (Wildman–Crippen LogP) is 3.88. The molecule has 0 fully saturated rings. The van der Waals surface area contributed by atoms with Gasteiger partial charge in [-0.05, 0) is 37.1 Å². The molecule has 0 amide bonds. The molecule has 0 bridgehead atoms. The average Bonchev–Trinajstić information content (AvgIpc) is 2.63. The predicted molar refractivity (Wildman–Crippen MR) is 92.7 cm³/mol. The fraction of sp³-hybridized carbons (Fsp3) is 0.412. The molecule has 1 aliphatic rings. The van der Waals surface area contributed by atoms with Crippen molar-refractivity contribution in [1.29, 1.82) is 0 Å². The number of benzene rings is 1. The normalized spacial score (nSPS) is 15.5. The molecular weight excluding hydrogens is 423 g/mol. The molecule has 12 heteroatoms. The monoisotopic (exact) mass is 437 g/mol. The molecule has 1 aliphatic heterocycles. The molecule has 0 saturated heterocycles. The number of carbonyl (C=O) groups is 2. The number of nitrogens with zero attached hydrogens (tertiary/aromatic N) is 1. The Bertz CT molecular complexity index is 826. The van der Waals surface area contributed by atoms with Crippen LogP contribution in [0.1, 0.15) is 24.0 Å². The molecule has 158 valence electrons. The zero-order chi connectivity index (χ0) is 21.6. The van der Waals surface area contributed by atoms with Gasteiger partial charge in [-0.15, -0.1) is 4.91 Å². The minimum atomic E-state index is -4.89. The maximum absolute atomic E-state index is 13.4. The largest absolute Gasteiger partial charge is 0.475 e. The van der Waals surface area contributed by atoms with Gasteiger partial charge in [0.15, 0.2) is 5.34 Å². The van der Waals surface area contributed by atoms with Crippen LogP contribution in [0.25, 0.3) is 6.08 Å². The Morgan fingerprint density at radius 2 is 2.00 bits per heavy atom. The van der Waals surface area contributed by atoms with Crippen LogP contribution in [0.2, 0.25) is 5.02 Å². The van der Waals surface area contributed by atoms with Gasteiger partial charge in [0.1, 0.15) is 12.4 Å². The maximum atomic E-state index is 13.4. The first-order valence-corrected chi connectivity index (χ1v) is 8.53. The summed E-state index contributed by atoms with van der Waals surface area (Å²) in [7, 11) is 0. The Morgan fingerprint density at radius 1 is 1.28 bits per heavy atom. The number of ether oxygens (including phenoxy) is 3. The molecule has 0 unspecified atom stereocenters. The van der Waals surface area contributed by atoms with Crippen LogP contribution in [0.5, 0.6) is 5.75 Å². The van der Waals surface area contributed by atoms with Gasteiger partial charge in [0.2, 0.25) is 12.9 Å². The Hall–Kier alpha value is -2.82. The Labute approximate surface area is 167 Å². The van der Waals surface area contributed by atoms with Crippen LogP contribution in [0.4, 0.5) is 13.2 Å². The third-order valence-electron chi connectivity index (χ3n) is 3.71. The van der Waals surface area contributed by atoms with Crippen LogP contribution in [0.15, 0.2) is 23.0 Å². The molecule has 0 aliphatic carbocycles. The molecule has 1 heterocycles. The van der Waals surface area contributed by atoms with Crippen LogP contribution in [-0.4, -0.2) is 37.6 Å². The summed E-state index contributed by atoms with van der Waals surface area (Å²) in [6, 6.07) is 2.78. The summed E-state index contributed by atoms with van der Waals surface area (Å²) >= 11 is 5.90. The summed E-state index contributed by atoms with van der Waals surface area (Å²) in [5, 5.41) is 2.39. The lowest BCUT2D eigenvalue weighted by Gasteiger charge is -2.28.